The second-order valence-electron chi connectivity index (χ2n) is 5.47. The lowest BCUT2D eigenvalue weighted by atomic mass is 9.90. The summed E-state index contributed by atoms with van der Waals surface area (Å²) in [4.78, 5) is 11.4. The van der Waals surface area contributed by atoms with Crippen LogP contribution in [0, 0.1) is 5.82 Å². The zero-order valence-electron chi connectivity index (χ0n) is 11.5. The van der Waals surface area contributed by atoms with Gasteiger partial charge in [0, 0.05) is 12.3 Å². The minimum Gasteiger partial charge on any atom is -0.454 e. The van der Waals surface area contributed by atoms with E-state index in [2.05, 4.69) is 0 Å². The van der Waals surface area contributed by atoms with Gasteiger partial charge in [-0.05, 0) is 48.8 Å². The number of hydrogen-bond donors (Lipinski definition) is 0. The predicted octanol–water partition coefficient (Wildman–Crippen LogP) is 4.31. The number of carbonyl (C=O) groups excluding carboxylic acids is 1. The minimum absolute atomic E-state index is 0.220. The summed E-state index contributed by atoms with van der Waals surface area (Å²) in [5.41, 5.74) is 0.454. The zero-order chi connectivity index (χ0) is 14.2. The molecule has 104 valence electrons. The minimum atomic E-state index is -0.521. The highest BCUT2D eigenvalue weighted by Gasteiger charge is 2.38. The van der Waals surface area contributed by atoms with Crippen molar-refractivity contribution in [2.45, 2.75) is 38.2 Å². The molecule has 3 rings (SSSR count). The molecular formula is C17H17FO2. The third kappa shape index (κ3) is 2.17. The number of esters is 1. The number of benzene rings is 2. The molecule has 1 aliphatic rings. The van der Waals surface area contributed by atoms with Crippen LogP contribution in [0.2, 0.25) is 0 Å². The molecule has 2 aromatic rings. The lowest BCUT2D eigenvalue weighted by Gasteiger charge is -2.29. The summed E-state index contributed by atoms with van der Waals surface area (Å²) in [6, 6.07) is 10.7. The molecule has 0 aromatic heterocycles. The fourth-order valence-electron chi connectivity index (χ4n) is 3.20. The quantitative estimate of drug-likeness (QED) is 0.761. The van der Waals surface area contributed by atoms with Crippen molar-refractivity contribution in [3.8, 4) is 0 Å². The van der Waals surface area contributed by atoms with E-state index in [1.807, 2.05) is 18.2 Å². The third-order valence-corrected chi connectivity index (χ3v) is 4.10. The molecule has 0 unspecified atom stereocenters. The molecule has 0 saturated heterocycles. The average molecular weight is 272 g/mol. The molecular weight excluding hydrogens is 255 g/mol. The van der Waals surface area contributed by atoms with E-state index in [4.69, 9.17) is 4.74 Å². The van der Waals surface area contributed by atoms with E-state index in [9.17, 15) is 9.18 Å². The Kier molecular flexibility index (Phi) is 3.20. The van der Waals surface area contributed by atoms with Crippen LogP contribution in [0.15, 0.2) is 36.4 Å². The van der Waals surface area contributed by atoms with Crippen molar-refractivity contribution >= 4 is 16.7 Å². The smallest absolute Gasteiger partial charge is 0.303 e. The van der Waals surface area contributed by atoms with Crippen molar-refractivity contribution in [2.75, 3.05) is 0 Å². The summed E-state index contributed by atoms with van der Waals surface area (Å²) >= 11 is 0. The highest BCUT2D eigenvalue weighted by atomic mass is 19.1. The topological polar surface area (TPSA) is 26.3 Å². The molecule has 2 aromatic carbocycles. The molecule has 0 heterocycles. The Hall–Kier alpha value is -1.90. The summed E-state index contributed by atoms with van der Waals surface area (Å²) in [6.45, 7) is 1.45. The molecule has 3 heteroatoms. The van der Waals surface area contributed by atoms with Crippen molar-refractivity contribution < 1.29 is 13.9 Å². The number of ether oxygens (including phenoxy) is 1. The standard InChI is InChI=1S/C17H17FO2/c1-12(19)20-17(9-2-3-10-17)14-7-8-15-13(11-14)5-4-6-16(15)18/h4-8,11H,2-3,9-10H2,1H3. The summed E-state index contributed by atoms with van der Waals surface area (Å²) in [7, 11) is 0. The van der Waals surface area contributed by atoms with Crippen LogP contribution >= 0.6 is 0 Å². The van der Waals surface area contributed by atoms with Gasteiger partial charge in [-0.3, -0.25) is 4.79 Å². The van der Waals surface area contributed by atoms with Gasteiger partial charge in [0.1, 0.15) is 11.4 Å². The molecule has 2 nitrogen and oxygen atoms in total. The van der Waals surface area contributed by atoms with Gasteiger partial charge in [-0.25, -0.2) is 4.39 Å². The Labute approximate surface area is 117 Å². The second-order valence-corrected chi connectivity index (χ2v) is 5.47. The third-order valence-electron chi connectivity index (χ3n) is 4.10. The maximum atomic E-state index is 13.7. The SMILES string of the molecule is CC(=O)OC1(c2ccc3c(F)cccc3c2)CCCC1. The Morgan fingerprint density at radius 3 is 2.65 bits per heavy atom. The maximum absolute atomic E-state index is 13.7. The van der Waals surface area contributed by atoms with Crippen molar-refractivity contribution in [1.82, 2.24) is 0 Å². The van der Waals surface area contributed by atoms with Crippen LogP contribution < -0.4 is 0 Å². The molecule has 1 fully saturated rings. The predicted molar refractivity (Wildman–Crippen MR) is 75.8 cm³/mol. The molecule has 0 bridgehead atoms. The summed E-state index contributed by atoms with van der Waals surface area (Å²) in [5, 5.41) is 1.45. The monoisotopic (exact) mass is 272 g/mol. The Balaban J connectivity index is 2.10. The molecule has 0 radical (unpaired) electrons. The van der Waals surface area contributed by atoms with Crippen LogP contribution in [-0.4, -0.2) is 5.97 Å². The number of fused-ring (bicyclic) bond motifs is 1. The van der Waals surface area contributed by atoms with E-state index < -0.39 is 5.60 Å². The highest BCUT2D eigenvalue weighted by molar-refractivity contribution is 5.84. The van der Waals surface area contributed by atoms with Crippen LogP contribution in [-0.2, 0) is 15.1 Å². The zero-order valence-corrected chi connectivity index (χ0v) is 11.5. The van der Waals surface area contributed by atoms with Crippen LogP contribution in [0.5, 0.6) is 0 Å². The summed E-state index contributed by atoms with van der Waals surface area (Å²) in [5.74, 6) is -0.478. The Bertz CT molecular complexity index is 657. The van der Waals surface area contributed by atoms with E-state index in [0.717, 1.165) is 36.6 Å². The average Bonchev–Trinajstić information content (AvgIpc) is 2.87. The van der Waals surface area contributed by atoms with Crippen LogP contribution in [0.4, 0.5) is 4.39 Å². The van der Waals surface area contributed by atoms with Gasteiger partial charge in [-0.2, -0.15) is 0 Å². The first-order valence-electron chi connectivity index (χ1n) is 6.99. The maximum Gasteiger partial charge on any atom is 0.303 e. The molecule has 0 spiro atoms. The van der Waals surface area contributed by atoms with Crippen molar-refractivity contribution in [2.24, 2.45) is 0 Å². The summed E-state index contributed by atoms with van der Waals surface area (Å²) in [6.07, 6.45) is 3.78. The fraction of sp³-hybridized carbons (Fsp3) is 0.353. The summed E-state index contributed by atoms with van der Waals surface area (Å²) < 4.78 is 19.3. The van der Waals surface area contributed by atoms with E-state index in [0.29, 0.717) is 5.39 Å². The molecule has 0 amide bonds. The molecule has 0 N–H and O–H groups in total. The largest absolute Gasteiger partial charge is 0.454 e. The highest BCUT2D eigenvalue weighted by Crippen LogP contribution is 2.43. The number of rotatable bonds is 2. The van der Waals surface area contributed by atoms with Crippen molar-refractivity contribution in [3.63, 3.8) is 0 Å². The van der Waals surface area contributed by atoms with Gasteiger partial charge in [0.15, 0.2) is 0 Å². The van der Waals surface area contributed by atoms with Gasteiger partial charge >= 0.3 is 5.97 Å². The fourth-order valence-corrected chi connectivity index (χ4v) is 3.20. The van der Waals surface area contributed by atoms with Gasteiger partial charge in [0.2, 0.25) is 0 Å². The number of hydrogen-bond acceptors (Lipinski definition) is 2. The van der Waals surface area contributed by atoms with E-state index in [1.54, 1.807) is 12.1 Å². The molecule has 20 heavy (non-hydrogen) atoms. The van der Waals surface area contributed by atoms with Gasteiger partial charge in [-0.15, -0.1) is 0 Å². The molecule has 1 saturated carbocycles. The normalized spacial score (nSPS) is 17.3. The number of carbonyl (C=O) groups is 1. The van der Waals surface area contributed by atoms with E-state index in [-0.39, 0.29) is 11.8 Å². The first kappa shape index (κ1) is 13.1. The molecule has 1 aliphatic carbocycles. The molecule has 0 atom stereocenters. The van der Waals surface area contributed by atoms with Gasteiger partial charge in [0.25, 0.3) is 0 Å². The lowest BCUT2D eigenvalue weighted by Crippen LogP contribution is -2.28. The first-order valence-corrected chi connectivity index (χ1v) is 6.99. The van der Waals surface area contributed by atoms with E-state index in [1.165, 1.54) is 13.0 Å². The number of halogens is 1. The van der Waals surface area contributed by atoms with Crippen LogP contribution in [0.25, 0.3) is 10.8 Å². The Morgan fingerprint density at radius 2 is 1.95 bits per heavy atom. The second kappa shape index (κ2) is 4.89. The molecule has 0 aliphatic heterocycles. The lowest BCUT2D eigenvalue weighted by molar-refractivity contribution is -0.157. The van der Waals surface area contributed by atoms with Crippen molar-refractivity contribution in [1.29, 1.82) is 0 Å². The Morgan fingerprint density at radius 1 is 1.20 bits per heavy atom. The van der Waals surface area contributed by atoms with Crippen molar-refractivity contribution in [3.05, 3.63) is 47.8 Å². The van der Waals surface area contributed by atoms with Crippen LogP contribution in [0.1, 0.15) is 38.2 Å². The van der Waals surface area contributed by atoms with E-state index >= 15 is 0 Å². The van der Waals surface area contributed by atoms with Gasteiger partial charge in [0.05, 0.1) is 0 Å². The van der Waals surface area contributed by atoms with Crippen LogP contribution in [0.3, 0.4) is 0 Å². The van der Waals surface area contributed by atoms with Gasteiger partial charge < -0.3 is 4.74 Å². The van der Waals surface area contributed by atoms with Gasteiger partial charge in [-0.1, -0.05) is 24.3 Å². The first-order chi connectivity index (χ1) is 9.61.